The molecule has 1 unspecified atom stereocenters. The highest BCUT2D eigenvalue weighted by atomic mass is 16.4. The van der Waals surface area contributed by atoms with Gasteiger partial charge in [-0.25, -0.2) is 0 Å². The zero-order chi connectivity index (χ0) is 10.6. The van der Waals surface area contributed by atoms with Crippen LogP contribution in [0, 0.1) is 5.92 Å². The van der Waals surface area contributed by atoms with Gasteiger partial charge in [0.1, 0.15) is 5.54 Å². The Balaban J connectivity index is 2.50. The fourth-order valence-corrected chi connectivity index (χ4v) is 2.13. The Morgan fingerprint density at radius 1 is 1.36 bits per heavy atom. The molecule has 0 aromatic rings. The molecule has 1 aliphatic carbocycles. The van der Waals surface area contributed by atoms with Crippen molar-refractivity contribution < 1.29 is 15.0 Å². The maximum atomic E-state index is 10.8. The van der Waals surface area contributed by atoms with Crippen LogP contribution in [0.4, 0.5) is 0 Å². The zero-order valence-electron chi connectivity index (χ0n) is 8.41. The first-order valence-electron chi connectivity index (χ1n) is 5.21. The quantitative estimate of drug-likeness (QED) is 0.626. The van der Waals surface area contributed by atoms with Crippen molar-refractivity contribution in [2.45, 2.75) is 44.1 Å². The second kappa shape index (κ2) is 4.75. The second-order valence-electron chi connectivity index (χ2n) is 4.33. The number of hydrogen-bond donors (Lipinski definition) is 3. The van der Waals surface area contributed by atoms with Crippen LogP contribution in [0.15, 0.2) is 0 Å². The molecule has 0 spiro atoms. The molecule has 1 atom stereocenters. The SMILES string of the molecule is NC(CO)(CC1CCCCC1)C(=O)O. The normalized spacial score (nSPS) is 23.0. The lowest BCUT2D eigenvalue weighted by Crippen LogP contribution is -2.52. The molecule has 1 aliphatic rings. The van der Waals surface area contributed by atoms with E-state index in [9.17, 15) is 4.79 Å². The molecule has 0 aromatic carbocycles. The highest BCUT2D eigenvalue weighted by Gasteiger charge is 2.36. The summed E-state index contributed by atoms with van der Waals surface area (Å²) in [5.41, 5.74) is 4.19. The van der Waals surface area contributed by atoms with E-state index in [1.807, 2.05) is 0 Å². The number of carbonyl (C=O) groups is 1. The van der Waals surface area contributed by atoms with E-state index in [1.54, 1.807) is 0 Å². The number of hydrogen-bond acceptors (Lipinski definition) is 3. The molecule has 1 saturated carbocycles. The number of carboxylic acids is 1. The average Bonchev–Trinajstić information content (AvgIpc) is 2.19. The molecule has 0 aromatic heterocycles. The van der Waals surface area contributed by atoms with Gasteiger partial charge >= 0.3 is 5.97 Å². The Morgan fingerprint density at radius 3 is 2.36 bits per heavy atom. The smallest absolute Gasteiger partial charge is 0.326 e. The molecule has 0 amide bonds. The number of carboxylic acid groups (broad SMARTS) is 1. The van der Waals surface area contributed by atoms with Gasteiger partial charge in [-0.05, 0) is 12.3 Å². The third-order valence-electron chi connectivity index (χ3n) is 3.09. The Bertz CT molecular complexity index is 202. The minimum absolute atomic E-state index is 0.372. The van der Waals surface area contributed by atoms with Crippen molar-refractivity contribution >= 4 is 5.97 Å². The summed E-state index contributed by atoms with van der Waals surface area (Å²) in [7, 11) is 0. The van der Waals surface area contributed by atoms with Gasteiger partial charge in [0.2, 0.25) is 0 Å². The Labute approximate surface area is 84.1 Å². The van der Waals surface area contributed by atoms with Gasteiger partial charge < -0.3 is 15.9 Å². The van der Waals surface area contributed by atoms with Crippen LogP contribution in [0.3, 0.4) is 0 Å². The maximum absolute atomic E-state index is 10.8. The number of aliphatic hydroxyl groups is 1. The number of aliphatic hydroxyl groups excluding tert-OH is 1. The average molecular weight is 201 g/mol. The summed E-state index contributed by atoms with van der Waals surface area (Å²) in [5.74, 6) is -0.720. The molecular formula is C10H19NO3. The number of nitrogens with two attached hydrogens (primary N) is 1. The van der Waals surface area contributed by atoms with Gasteiger partial charge in [0.05, 0.1) is 6.61 Å². The van der Waals surface area contributed by atoms with Crippen LogP contribution in [0.5, 0.6) is 0 Å². The monoisotopic (exact) mass is 201 g/mol. The highest BCUT2D eigenvalue weighted by molar-refractivity contribution is 5.78. The van der Waals surface area contributed by atoms with Crippen molar-refractivity contribution in [1.82, 2.24) is 0 Å². The van der Waals surface area contributed by atoms with E-state index >= 15 is 0 Å². The van der Waals surface area contributed by atoms with Gasteiger partial charge in [0, 0.05) is 0 Å². The van der Waals surface area contributed by atoms with Gasteiger partial charge in [0.25, 0.3) is 0 Å². The first-order valence-corrected chi connectivity index (χ1v) is 5.21. The molecule has 4 N–H and O–H groups in total. The van der Waals surface area contributed by atoms with Gasteiger partial charge in [-0.1, -0.05) is 32.1 Å². The molecule has 0 saturated heterocycles. The van der Waals surface area contributed by atoms with Crippen LogP contribution >= 0.6 is 0 Å². The Hall–Kier alpha value is -0.610. The van der Waals surface area contributed by atoms with Gasteiger partial charge in [-0.2, -0.15) is 0 Å². The molecule has 1 rings (SSSR count). The lowest BCUT2D eigenvalue weighted by Gasteiger charge is -2.29. The Morgan fingerprint density at radius 2 is 1.93 bits per heavy atom. The van der Waals surface area contributed by atoms with Crippen molar-refractivity contribution in [3.8, 4) is 0 Å². The topological polar surface area (TPSA) is 83.5 Å². The predicted octanol–water partition coefficient (Wildman–Crippen LogP) is 0.731. The molecule has 82 valence electrons. The fourth-order valence-electron chi connectivity index (χ4n) is 2.13. The minimum Gasteiger partial charge on any atom is -0.480 e. The highest BCUT2D eigenvalue weighted by Crippen LogP contribution is 2.29. The van der Waals surface area contributed by atoms with Crippen molar-refractivity contribution in [3.63, 3.8) is 0 Å². The van der Waals surface area contributed by atoms with E-state index in [4.69, 9.17) is 15.9 Å². The minimum atomic E-state index is -1.43. The van der Waals surface area contributed by atoms with Crippen LogP contribution in [0.1, 0.15) is 38.5 Å². The third kappa shape index (κ3) is 2.69. The van der Waals surface area contributed by atoms with Crippen LogP contribution in [0.2, 0.25) is 0 Å². The Kier molecular flexibility index (Phi) is 3.89. The van der Waals surface area contributed by atoms with Crippen molar-refractivity contribution in [3.05, 3.63) is 0 Å². The van der Waals surface area contributed by atoms with Crippen LogP contribution in [-0.4, -0.2) is 28.3 Å². The summed E-state index contributed by atoms with van der Waals surface area (Å²) in [6.45, 7) is -0.473. The summed E-state index contributed by atoms with van der Waals surface area (Å²) >= 11 is 0. The van der Waals surface area contributed by atoms with Gasteiger partial charge in [0.15, 0.2) is 0 Å². The summed E-state index contributed by atoms with van der Waals surface area (Å²) < 4.78 is 0. The molecule has 4 heteroatoms. The summed E-state index contributed by atoms with van der Waals surface area (Å²) in [5, 5.41) is 17.9. The van der Waals surface area contributed by atoms with E-state index in [0.717, 1.165) is 25.7 Å². The summed E-state index contributed by atoms with van der Waals surface area (Å²) in [6, 6.07) is 0. The van der Waals surface area contributed by atoms with E-state index in [2.05, 4.69) is 0 Å². The maximum Gasteiger partial charge on any atom is 0.326 e. The van der Waals surface area contributed by atoms with Crippen LogP contribution < -0.4 is 5.73 Å². The van der Waals surface area contributed by atoms with Crippen molar-refractivity contribution in [1.29, 1.82) is 0 Å². The van der Waals surface area contributed by atoms with Crippen LogP contribution in [0.25, 0.3) is 0 Å². The summed E-state index contributed by atoms with van der Waals surface area (Å²) in [4.78, 5) is 10.8. The van der Waals surface area contributed by atoms with E-state index < -0.39 is 18.1 Å². The van der Waals surface area contributed by atoms with Crippen molar-refractivity contribution in [2.24, 2.45) is 11.7 Å². The standard InChI is InChI=1S/C10H19NO3/c11-10(7-12,9(13)14)6-8-4-2-1-3-5-8/h8,12H,1-7,11H2,(H,13,14). The second-order valence-corrected chi connectivity index (χ2v) is 4.33. The lowest BCUT2D eigenvalue weighted by molar-refractivity contribution is -0.145. The van der Waals surface area contributed by atoms with Crippen LogP contribution in [-0.2, 0) is 4.79 Å². The summed E-state index contributed by atoms with van der Waals surface area (Å²) in [6.07, 6.45) is 6.05. The first kappa shape index (κ1) is 11.5. The molecule has 0 bridgehead atoms. The molecule has 0 radical (unpaired) electrons. The first-order chi connectivity index (χ1) is 6.58. The van der Waals surface area contributed by atoms with Crippen molar-refractivity contribution in [2.75, 3.05) is 6.61 Å². The molecule has 0 aliphatic heterocycles. The lowest BCUT2D eigenvalue weighted by atomic mass is 9.80. The largest absolute Gasteiger partial charge is 0.480 e. The zero-order valence-corrected chi connectivity index (χ0v) is 8.41. The van der Waals surface area contributed by atoms with E-state index in [0.29, 0.717) is 12.3 Å². The fraction of sp³-hybridized carbons (Fsp3) is 0.900. The predicted molar refractivity (Wildman–Crippen MR) is 52.8 cm³/mol. The molecule has 4 nitrogen and oxygen atoms in total. The molecule has 0 heterocycles. The number of rotatable bonds is 4. The third-order valence-corrected chi connectivity index (χ3v) is 3.09. The number of aliphatic carboxylic acids is 1. The van der Waals surface area contributed by atoms with E-state index in [1.165, 1.54) is 6.42 Å². The molecule has 14 heavy (non-hydrogen) atoms. The molecular weight excluding hydrogens is 182 g/mol. The molecule has 1 fully saturated rings. The van der Waals surface area contributed by atoms with Gasteiger partial charge in [-0.15, -0.1) is 0 Å². The van der Waals surface area contributed by atoms with E-state index in [-0.39, 0.29) is 0 Å². The van der Waals surface area contributed by atoms with Gasteiger partial charge in [-0.3, -0.25) is 4.79 Å².